The van der Waals surface area contributed by atoms with Crippen molar-refractivity contribution in [1.82, 2.24) is 10.2 Å². The van der Waals surface area contributed by atoms with E-state index in [1.54, 1.807) is 12.1 Å². The third kappa shape index (κ3) is 2.88. The van der Waals surface area contributed by atoms with Gasteiger partial charge >= 0.3 is 0 Å². The van der Waals surface area contributed by atoms with E-state index in [1.807, 2.05) is 19.0 Å². The number of nitrogens with zero attached hydrogens (tertiary/aromatic N) is 3. The molecule has 0 bridgehead atoms. The lowest BCUT2D eigenvalue weighted by molar-refractivity contribution is -0.118. The van der Waals surface area contributed by atoms with Gasteiger partial charge < -0.3 is 20.7 Å². The number of rotatable bonds is 3. The number of hydrogen-bond acceptors (Lipinski definition) is 8. The van der Waals surface area contributed by atoms with Crippen LogP contribution in [0.2, 0.25) is 0 Å². The van der Waals surface area contributed by atoms with Gasteiger partial charge in [0.2, 0.25) is 5.13 Å². The maximum absolute atomic E-state index is 11.4. The van der Waals surface area contributed by atoms with Crippen LogP contribution in [-0.2, 0) is 4.79 Å². The number of carbonyl (C=O) groups is 1. The van der Waals surface area contributed by atoms with Crippen molar-refractivity contribution in [3.05, 3.63) is 12.1 Å². The summed E-state index contributed by atoms with van der Waals surface area (Å²) in [4.78, 5) is 14.1. The van der Waals surface area contributed by atoms with Gasteiger partial charge in [-0.1, -0.05) is 23.1 Å². The monoisotopic (exact) mass is 323 g/mol. The highest BCUT2D eigenvalue weighted by molar-refractivity contribution is 8.01. The summed E-state index contributed by atoms with van der Waals surface area (Å²) in [6, 6.07) is 3.51. The fraction of sp³-hybridized carbons (Fsp3) is 0.250. The van der Waals surface area contributed by atoms with Gasteiger partial charge in [0, 0.05) is 30.7 Å². The first-order valence-corrected chi connectivity index (χ1v) is 7.71. The summed E-state index contributed by atoms with van der Waals surface area (Å²) in [6.07, 6.45) is 0. The van der Waals surface area contributed by atoms with E-state index < -0.39 is 0 Å². The predicted octanol–water partition coefficient (Wildman–Crippen LogP) is 1.67. The third-order valence-electron chi connectivity index (χ3n) is 2.72. The number of benzene rings is 1. The number of ether oxygens (including phenoxy) is 1. The van der Waals surface area contributed by atoms with Crippen molar-refractivity contribution < 1.29 is 9.53 Å². The first-order chi connectivity index (χ1) is 10.0. The summed E-state index contributed by atoms with van der Waals surface area (Å²) in [7, 11) is 3.82. The molecule has 0 unspecified atom stereocenters. The number of nitrogens with two attached hydrogens (primary N) is 1. The molecule has 0 aliphatic carbocycles. The largest absolute Gasteiger partial charge is 0.482 e. The molecule has 0 spiro atoms. The molecule has 1 aliphatic heterocycles. The van der Waals surface area contributed by atoms with Crippen LogP contribution in [-0.4, -0.2) is 36.8 Å². The highest BCUT2D eigenvalue weighted by Gasteiger charge is 2.19. The van der Waals surface area contributed by atoms with Crippen LogP contribution >= 0.6 is 23.1 Å². The smallest absolute Gasteiger partial charge is 0.262 e. The quantitative estimate of drug-likeness (QED) is 0.830. The second-order valence-corrected chi connectivity index (χ2v) is 6.82. The van der Waals surface area contributed by atoms with Crippen LogP contribution < -0.4 is 20.7 Å². The van der Waals surface area contributed by atoms with E-state index in [4.69, 9.17) is 10.5 Å². The van der Waals surface area contributed by atoms with Crippen LogP contribution in [0.1, 0.15) is 0 Å². The first-order valence-electron chi connectivity index (χ1n) is 6.08. The molecule has 110 valence electrons. The Balaban J connectivity index is 1.88. The number of nitrogen functional groups attached to an aromatic ring is 1. The predicted molar refractivity (Wildman–Crippen MR) is 83.3 cm³/mol. The van der Waals surface area contributed by atoms with E-state index in [0.29, 0.717) is 17.1 Å². The summed E-state index contributed by atoms with van der Waals surface area (Å²) in [6.45, 7) is 0.0154. The van der Waals surface area contributed by atoms with Crippen molar-refractivity contribution in [3.63, 3.8) is 0 Å². The van der Waals surface area contributed by atoms with E-state index in [-0.39, 0.29) is 12.5 Å². The molecular weight excluding hydrogens is 310 g/mol. The minimum absolute atomic E-state index is 0.0154. The van der Waals surface area contributed by atoms with Gasteiger partial charge in [0.15, 0.2) is 10.9 Å². The molecule has 1 aliphatic rings. The molecule has 0 radical (unpaired) electrons. The molecule has 0 saturated carbocycles. The Morgan fingerprint density at radius 2 is 2.24 bits per heavy atom. The summed E-state index contributed by atoms with van der Waals surface area (Å²) in [5.74, 6) is 0.414. The van der Waals surface area contributed by atoms with Crippen LogP contribution in [0.15, 0.2) is 21.4 Å². The molecular formula is C12H13N5O2S2. The van der Waals surface area contributed by atoms with Gasteiger partial charge in [-0.15, -0.1) is 10.2 Å². The summed E-state index contributed by atoms with van der Waals surface area (Å²) in [5, 5.41) is 11.8. The number of anilines is 3. The molecule has 3 N–H and O–H groups in total. The molecule has 0 fully saturated rings. The third-order valence-corrected chi connectivity index (χ3v) is 4.94. The summed E-state index contributed by atoms with van der Waals surface area (Å²) < 4.78 is 6.11. The van der Waals surface area contributed by atoms with Crippen LogP contribution in [0.4, 0.5) is 16.5 Å². The zero-order chi connectivity index (χ0) is 15.0. The Hall–Kier alpha value is -2.00. The Bertz CT molecular complexity index is 701. The second-order valence-electron chi connectivity index (χ2n) is 4.57. The van der Waals surface area contributed by atoms with E-state index in [9.17, 15) is 4.79 Å². The molecule has 1 aromatic heterocycles. The molecule has 2 heterocycles. The molecule has 3 rings (SSSR count). The van der Waals surface area contributed by atoms with E-state index >= 15 is 0 Å². The van der Waals surface area contributed by atoms with Gasteiger partial charge in [0.25, 0.3) is 5.91 Å². The SMILES string of the molecule is CN(C)c1nnc(Sc2cc3c(cc2N)OCC(=O)N3)s1. The molecule has 2 aromatic rings. The number of fused-ring (bicyclic) bond motifs is 1. The van der Waals surface area contributed by atoms with Crippen molar-refractivity contribution in [2.45, 2.75) is 9.24 Å². The molecule has 21 heavy (non-hydrogen) atoms. The summed E-state index contributed by atoms with van der Waals surface area (Å²) in [5.41, 5.74) is 7.23. The Morgan fingerprint density at radius 3 is 2.95 bits per heavy atom. The molecule has 0 atom stereocenters. The van der Waals surface area contributed by atoms with Crippen molar-refractivity contribution in [1.29, 1.82) is 0 Å². The Labute approximate surface area is 129 Å². The number of amides is 1. The number of nitrogens with one attached hydrogen (secondary N) is 1. The number of hydrogen-bond donors (Lipinski definition) is 2. The number of carbonyl (C=O) groups excluding carboxylic acids is 1. The fourth-order valence-corrected chi connectivity index (χ4v) is 3.51. The maximum atomic E-state index is 11.4. The van der Waals surface area contributed by atoms with Gasteiger partial charge in [-0.2, -0.15) is 0 Å². The average molecular weight is 323 g/mol. The topological polar surface area (TPSA) is 93.4 Å². The lowest BCUT2D eigenvalue weighted by Gasteiger charge is -2.19. The van der Waals surface area contributed by atoms with Crippen LogP contribution in [0.25, 0.3) is 0 Å². The molecule has 0 saturated heterocycles. The normalized spacial score (nSPS) is 13.3. The van der Waals surface area contributed by atoms with E-state index in [1.165, 1.54) is 23.1 Å². The van der Waals surface area contributed by atoms with Crippen molar-refractivity contribution in [3.8, 4) is 5.75 Å². The van der Waals surface area contributed by atoms with Crippen LogP contribution in [0.5, 0.6) is 5.75 Å². The lowest BCUT2D eigenvalue weighted by atomic mass is 10.2. The highest BCUT2D eigenvalue weighted by Crippen LogP contribution is 2.41. The average Bonchev–Trinajstić information content (AvgIpc) is 2.89. The van der Waals surface area contributed by atoms with Gasteiger partial charge in [-0.3, -0.25) is 4.79 Å². The first kappa shape index (κ1) is 14.0. The zero-order valence-electron chi connectivity index (χ0n) is 11.4. The van der Waals surface area contributed by atoms with Crippen molar-refractivity contribution in [2.24, 2.45) is 0 Å². The number of aromatic nitrogens is 2. The van der Waals surface area contributed by atoms with E-state index in [0.717, 1.165) is 14.4 Å². The minimum atomic E-state index is -0.172. The van der Waals surface area contributed by atoms with Crippen LogP contribution in [0, 0.1) is 0 Å². The van der Waals surface area contributed by atoms with Gasteiger partial charge in [0.05, 0.1) is 5.69 Å². The molecule has 9 heteroatoms. The zero-order valence-corrected chi connectivity index (χ0v) is 13.0. The van der Waals surface area contributed by atoms with Crippen LogP contribution in [0.3, 0.4) is 0 Å². The van der Waals surface area contributed by atoms with Gasteiger partial charge in [0.1, 0.15) is 5.75 Å². The molecule has 1 aromatic carbocycles. The van der Waals surface area contributed by atoms with Gasteiger partial charge in [-0.05, 0) is 6.07 Å². The van der Waals surface area contributed by atoms with Crippen molar-refractivity contribution >= 4 is 45.5 Å². The fourth-order valence-electron chi connectivity index (χ4n) is 1.73. The highest BCUT2D eigenvalue weighted by atomic mass is 32.2. The molecule has 1 amide bonds. The Morgan fingerprint density at radius 1 is 1.43 bits per heavy atom. The van der Waals surface area contributed by atoms with E-state index in [2.05, 4.69) is 15.5 Å². The van der Waals surface area contributed by atoms with Crippen molar-refractivity contribution in [2.75, 3.05) is 36.7 Å². The summed E-state index contributed by atoms with van der Waals surface area (Å²) >= 11 is 2.89. The lowest BCUT2D eigenvalue weighted by Crippen LogP contribution is -2.25. The minimum Gasteiger partial charge on any atom is -0.482 e. The second kappa shape index (κ2) is 5.41. The Kier molecular flexibility index (Phi) is 3.60. The maximum Gasteiger partial charge on any atom is 0.262 e. The standard InChI is InChI=1S/C12H13N5O2S2/c1-17(2)11-15-16-12(21-11)20-9-4-7-8(3-6(9)13)19-5-10(18)14-7/h3-4H,5,13H2,1-2H3,(H,14,18). The molecule has 7 nitrogen and oxygen atoms in total. The van der Waals surface area contributed by atoms with Gasteiger partial charge in [-0.25, -0.2) is 0 Å².